The molecule has 0 spiro atoms. The minimum absolute atomic E-state index is 0.135. The van der Waals surface area contributed by atoms with Crippen LogP contribution in [0.4, 0.5) is 4.79 Å². The van der Waals surface area contributed by atoms with Gasteiger partial charge in [-0.25, -0.2) is 9.59 Å². The highest BCUT2D eigenvalue weighted by molar-refractivity contribution is 5.81. The third-order valence-corrected chi connectivity index (χ3v) is 3.02. The van der Waals surface area contributed by atoms with Crippen molar-refractivity contribution in [2.24, 2.45) is 5.92 Å². The van der Waals surface area contributed by atoms with Gasteiger partial charge in [0.1, 0.15) is 6.10 Å². The molecule has 0 unspecified atom stereocenters. The number of esters is 2. The zero-order valence-electron chi connectivity index (χ0n) is 11.3. The average molecular weight is 286 g/mol. The van der Waals surface area contributed by atoms with Crippen molar-refractivity contribution < 1.29 is 33.3 Å². The maximum absolute atomic E-state index is 11.3. The van der Waals surface area contributed by atoms with Crippen molar-refractivity contribution in [1.29, 1.82) is 0 Å². The van der Waals surface area contributed by atoms with E-state index < -0.39 is 18.9 Å². The first kappa shape index (κ1) is 16.0. The van der Waals surface area contributed by atoms with E-state index in [1.54, 1.807) is 0 Å². The number of rotatable bonds is 5. The van der Waals surface area contributed by atoms with Gasteiger partial charge in [0.05, 0.1) is 13.0 Å². The third-order valence-electron chi connectivity index (χ3n) is 3.02. The van der Waals surface area contributed by atoms with Gasteiger partial charge in [-0.05, 0) is 25.7 Å². The van der Waals surface area contributed by atoms with Crippen LogP contribution in [-0.4, -0.2) is 38.1 Å². The molecule has 0 aromatic rings. The van der Waals surface area contributed by atoms with E-state index in [2.05, 4.69) is 20.8 Å². The highest BCUT2D eigenvalue weighted by Gasteiger charge is 2.29. The summed E-state index contributed by atoms with van der Waals surface area (Å²) < 4.78 is 18.7. The Labute approximate surface area is 116 Å². The number of ether oxygens (including phenoxy) is 4. The topological polar surface area (TPSA) is 88.1 Å². The Hall–Kier alpha value is -2.05. The molecule has 112 valence electrons. The lowest BCUT2D eigenvalue weighted by Gasteiger charge is -2.26. The van der Waals surface area contributed by atoms with Gasteiger partial charge < -0.3 is 18.9 Å². The summed E-state index contributed by atoms with van der Waals surface area (Å²) in [6.45, 7) is 2.68. The Bertz CT molecular complexity index is 369. The molecule has 0 radical (unpaired) electrons. The minimum Gasteiger partial charge on any atom is -0.469 e. The second kappa shape index (κ2) is 8.19. The van der Waals surface area contributed by atoms with E-state index in [1.165, 1.54) is 7.11 Å². The molecule has 1 aliphatic carbocycles. The summed E-state index contributed by atoms with van der Waals surface area (Å²) in [6.07, 6.45) is 2.12. The van der Waals surface area contributed by atoms with E-state index in [-0.39, 0.29) is 18.0 Å². The van der Waals surface area contributed by atoms with Crippen LogP contribution < -0.4 is 0 Å². The Morgan fingerprint density at radius 2 is 1.80 bits per heavy atom. The van der Waals surface area contributed by atoms with Crippen LogP contribution in [0.3, 0.4) is 0 Å². The normalized spacial score (nSPS) is 21.4. The van der Waals surface area contributed by atoms with Crippen LogP contribution in [0.1, 0.15) is 25.7 Å². The van der Waals surface area contributed by atoms with Crippen LogP contribution in [0.15, 0.2) is 12.7 Å². The Morgan fingerprint density at radius 1 is 1.15 bits per heavy atom. The maximum atomic E-state index is 11.3. The Morgan fingerprint density at radius 3 is 2.35 bits per heavy atom. The molecule has 0 heterocycles. The van der Waals surface area contributed by atoms with Gasteiger partial charge in [0.15, 0.2) is 0 Å². The van der Waals surface area contributed by atoms with Gasteiger partial charge in [-0.15, -0.1) is 0 Å². The Kier molecular flexibility index (Phi) is 6.55. The van der Waals surface area contributed by atoms with E-state index in [4.69, 9.17) is 4.74 Å². The smallest absolute Gasteiger partial charge is 0.469 e. The van der Waals surface area contributed by atoms with Crippen molar-refractivity contribution in [3.05, 3.63) is 12.7 Å². The van der Waals surface area contributed by atoms with Crippen molar-refractivity contribution in [3.63, 3.8) is 0 Å². The lowest BCUT2D eigenvalue weighted by Crippen LogP contribution is -2.29. The molecule has 0 N–H and O–H groups in total. The summed E-state index contributed by atoms with van der Waals surface area (Å²) in [5.41, 5.74) is 0. The standard InChI is InChI=1S/C13H18O7/c1-3-11(14)18-8-19-13(16)20-10-6-4-9(5-7-10)12(15)17-2/h3,9-10H,1,4-8H2,2H3/t9-,10-. The molecule has 7 nitrogen and oxygen atoms in total. The molecule has 0 aromatic carbocycles. The van der Waals surface area contributed by atoms with Crippen molar-refractivity contribution in [1.82, 2.24) is 0 Å². The second-order valence-corrected chi connectivity index (χ2v) is 4.29. The number of carbonyl (C=O) groups is 3. The van der Waals surface area contributed by atoms with Crippen LogP contribution in [0.25, 0.3) is 0 Å². The van der Waals surface area contributed by atoms with Crippen molar-refractivity contribution in [3.8, 4) is 0 Å². The predicted molar refractivity (Wildman–Crippen MR) is 66.5 cm³/mol. The summed E-state index contributed by atoms with van der Waals surface area (Å²) >= 11 is 0. The lowest BCUT2D eigenvalue weighted by molar-refractivity contribution is -0.148. The van der Waals surface area contributed by atoms with Gasteiger partial charge in [0.25, 0.3) is 0 Å². The largest absolute Gasteiger partial charge is 0.511 e. The first-order valence-electron chi connectivity index (χ1n) is 6.27. The molecule has 20 heavy (non-hydrogen) atoms. The average Bonchev–Trinajstić information content (AvgIpc) is 2.47. The number of methoxy groups -OCH3 is 1. The van der Waals surface area contributed by atoms with Gasteiger partial charge in [0, 0.05) is 6.08 Å². The number of hydrogen-bond donors (Lipinski definition) is 0. The quantitative estimate of drug-likeness (QED) is 0.328. The van der Waals surface area contributed by atoms with Crippen molar-refractivity contribution >= 4 is 18.1 Å². The number of hydrogen-bond acceptors (Lipinski definition) is 7. The van der Waals surface area contributed by atoms with Crippen LogP contribution in [-0.2, 0) is 28.5 Å². The molecule has 1 fully saturated rings. The summed E-state index contributed by atoms with van der Waals surface area (Å²) in [6, 6.07) is 0. The van der Waals surface area contributed by atoms with E-state index >= 15 is 0 Å². The van der Waals surface area contributed by atoms with Crippen LogP contribution in [0.5, 0.6) is 0 Å². The lowest BCUT2D eigenvalue weighted by atomic mass is 9.87. The second-order valence-electron chi connectivity index (χ2n) is 4.29. The first-order chi connectivity index (χ1) is 9.56. The zero-order valence-corrected chi connectivity index (χ0v) is 11.3. The fourth-order valence-corrected chi connectivity index (χ4v) is 1.95. The van der Waals surface area contributed by atoms with Crippen molar-refractivity contribution in [2.45, 2.75) is 31.8 Å². The summed E-state index contributed by atoms with van der Waals surface area (Å²) in [4.78, 5) is 33.3. The third kappa shape index (κ3) is 5.29. The molecule has 0 atom stereocenters. The van der Waals surface area contributed by atoms with Crippen LogP contribution in [0.2, 0.25) is 0 Å². The van der Waals surface area contributed by atoms with Crippen LogP contribution in [0, 0.1) is 5.92 Å². The molecular formula is C13H18O7. The molecule has 0 saturated heterocycles. The summed E-state index contributed by atoms with van der Waals surface area (Å²) in [5, 5.41) is 0. The molecule has 7 heteroatoms. The molecule has 1 aliphatic rings. The van der Waals surface area contributed by atoms with Gasteiger partial charge >= 0.3 is 18.1 Å². The van der Waals surface area contributed by atoms with E-state index in [0.717, 1.165) is 6.08 Å². The first-order valence-corrected chi connectivity index (χ1v) is 6.27. The van der Waals surface area contributed by atoms with Gasteiger partial charge in [0.2, 0.25) is 6.79 Å². The maximum Gasteiger partial charge on any atom is 0.511 e. The SMILES string of the molecule is C=CC(=O)OCOC(=O)O[C@H]1CC[C@H](C(=O)OC)CC1. The molecule has 0 amide bonds. The van der Waals surface area contributed by atoms with Crippen LogP contribution >= 0.6 is 0 Å². The Balaban J connectivity index is 2.19. The van der Waals surface area contributed by atoms with Gasteiger partial charge in [-0.1, -0.05) is 6.58 Å². The van der Waals surface area contributed by atoms with E-state index in [1.807, 2.05) is 0 Å². The highest BCUT2D eigenvalue weighted by atomic mass is 16.8. The minimum atomic E-state index is -0.900. The van der Waals surface area contributed by atoms with E-state index in [0.29, 0.717) is 25.7 Å². The fourth-order valence-electron chi connectivity index (χ4n) is 1.95. The predicted octanol–water partition coefficient (Wildman–Crippen LogP) is 1.56. The van der Waals surface area contributed by atoms with E-state index in [9.17, 15) is 14.4 Å². The highest BCUT2D eigenvalue weighted by Crippen LogP contribution is 2.27. The molecule has 0 aromatic heterocycles. The summed E-state index contributed by atoms with van der Waals surface area (Å²) in [7, 11) is 1.35. The molecular weight excluding hydrogens is 268 g/mol. The molecule has 1 rings (SSSR count). The number of carbonyl (C=O) groups excluding carboxylic acids is 3. The molecule has 1 saturated carbocycles. The van der Waals surface area contributed by atoms with Gasteiger partial charge in [-0.2, -0.15) is 0 Å². The molecule has 0 aliphatic heterocycles. The summed E-state index contributed by atoms with van der Waals surface area (Å²) in [5.74, 6) is -1.05. The zero-order chi connectivity index (χ0) is 15.0. The fraction of sp³-hybridized carbons (Fsp3) is 0.615. The molecule has 0 bridgehead atoms. The van der Waals surface area contributed by atoms with Gasteiger partial charge in [-0.3, -0.25) is 4.79 Å². The monoisotopic (exact) mass is 286 g/mol. The van der Waals surface area contributed by atoms with Crippen molar-refractivity contribution in [2.75, 3.05) is 13.9 Å².